The van der Waals surface area contributed by atoms with Crippen molar-refractivity contribution < 1.29 is 4.79 Å². The normalized spacial score (nSPS) is 42.4. The second kappa shape index (κ2) is 4.56. The van der Waals surface area contributed by atoms with Crippen LogP contribution in [-0.4, -0.2) is 16.4 Å². The Balaban J connectivity index is 1.61. The molecule has 1 heterocycles. The number of aromatic nitrogens is 1. The molecule has 4 saturated carbocycles. The first-order valence-electron chi connectivity index (χ1n) is 8.22. The van der Waals surface area contributed by atoms with Gasteiger partial charge in [-0.1, -0.05) is 13.8 Å². The molecule has 1 amide bonds. The summed E-state index contributed by atoms with van der Waals surface area (Å²) in [4.78, 5) is 16.8. The summed E-state index contributed by atoms with van der Waals surface area (Å²) in [5.41, 5.74) is 1.48. The zero-order chi connectivity index (χ0) is 15.6. The van der Waals surface area contributed by atoms with Crippen molar-refractivity contribution in [1.29, 1.82) is 0 Å². The van der Waals surface area contributed by atoms with Crippen molar-refractivity contribution in [1.82, 2.24) is 10.3 Å². The number of hydrogen-bond donors (Lipinski definition) is 1. The summed E-state index contributed by atoms with van der Waals surface area (Å²) in [6, 6.07) is 1.85. The molecule has 0 spiro atoms. The molecule has 2 atom stereocenters. The summed E-state index contributed by atoms with van der Waals surface area (Å²) in [5, 5.41) is 3.42. The molecule has 0 unspecified atom stereocenters. The Kier molecular flexibility index (Phi) is 3.04. The Hall–Kier alpha value is -0.900. The summed E-state index contributed by atoms with van der Waals surface area (Å²) in [6.07, 6.45) is 10.8. The van der Waals surface area contributed by atoms with Crippen LogP contribution in [0.1, 0.15) is 62.7 Å². The number of pyridine rings is 1. The van der Waals surface area contributed by atoms with Gasteiger partial charge in [-0.05, 0) is 77.3 Å². The summed E-state index contributed by atoms with van der Waals surface area (Å²) >= 11 is 3.40. The molecule has 1 aromatic heterocycles. The monoisotopic (exact) mass is 362 g/mol. The molecule has 4 heteroatoms. The second-order valence-electron chi connectivity index (χ2n) is 8.76. The molecule has 3 nitrogen and oxygen atoms in total. The third-order valence-corrected chi connectivity index (χ3v) is 6.41. The lowest BCUT2D eigenvalue weighted by Gasteiger charge is -2.65. The van der Waals surface area contributed by atoms with Gasteiger partial charge in [0, 0.05) is 22.4 Å². The highest BCUT2D eigenvalue weighted by molar-refractivity contribution is 9.10. The zero-order valence-electron chi connectivity index (χ0n) is 13.3. The van der Waals surface area contributed by atoms with Gasteiger partial charge in [0.15, 0.2) is 0 Å². The maximum atomic E-state index is 12.7. The fourth-order valence-corrected chi connectivity index (χ4v) is 6.80. The molecule has 0 aromatic carbocycles. The van der Waals surface area contributed by atoms with Crippen molar-refractivity contribution in [3.63, 3.8) is 0 Å². The van der Waals surface area contributed by atoms with E-state index in [0.717, 1.165) is 29.7 Å². The number of nitrogens with zero attached hydrogens (tertiary/aromatic N) is 1. The molecule has 4 bridgehead atoms. The third kappa shape index (κ3) is 2.40. The van der Waals surface area contributed by atoms with Gasteiger partial charge in [0.05, 0.1) is 5.56 Å². The number of hydrogen-bond acceptors (Lipinski definition) is 2. The topological polar surface area (TPSA) is 42.0 Å². The molecule has 1 N–H and O–H groups in total. The lowest BCUT2D eigenvalue weighted by Crippen LogP contribution is -2.65. The summed E-state index contributed by atoms with van der Waals surface area (Å²) < 4.78 is 0.851. The average Bonchev–Trinajstić information content (AvgIpc) is 2.33. The predicted octanol–water partition coefficient (Wildman–Crippen LogP) is 4.32. The Labute approximate surface area is 140 Å². The minimum absolute atomic E-state index is 0.00230. The van der Waals surface area contributed by atoms with Crippen LogP contribution >= 0.6 is 15.9 Å². The van der Waals surface area contributed by atoms with Crippen molar-refractivity contribution in [3.8, 4) is 0 Å². The van der Waals surface area contributed by atoms with Crippen LogP contribution in [0.2, 0.25) is 0 Å². The van der Waals surface area contributed by atoms with Crippen LogP contribution in [0.15, 0.2) is 22.9 Å². The summed E-state index contributed by atoms with van der Waals surface area (Å²) in [7, 11) is 0. The SMILES string of the molecule is C[C@@]12CC3CC(NC(=O)c4cncc(Br)c4)(C1)C[C@@](C)(C3)C2. The van der Waals surface area contributed by atoms with Crippen LogP contribution < -0.4 is 5.32 Å². The van der Waals surface area contributed by atoms with Gasteiger partial charge in [-0.2, -0.15) is 0 Å². The second-order valence-corrected chi connectivity index (χ2v) is 9.67. The maximum Gasteiger partial charge on any atom is 0.253 e. The van der Waals surface area contributed by atoms with Crippen LogP contribution in [0, 0.1) is 16.7 Å². The van der Waals surface area contributed by atoms with Gasteiger partial charge in [-0.15, -0.1) is 0 Å². The Bertz CT molecular complexity index is 626. The molecule has 0 aliphatic heterocycles. The van der Waals surface area contributed by atoms with Crippen LogP contribution in [0.3, 0.4) is 0 Å². The number of rotatable bonds is 2. The van der Waals surface area contributed by atoms with E-state index in [9.17, 15) is 4.79 Å². The molecule has 22 heavy (non-hydrogen) atoms. The Morgan fingerprint density at radius 1 is 1.18 bits per heavy atom. The van der Waals surface area contributed by atoms with Crippen molar-refractivity contribution in [2.24, 2.45) is 16.7 Å². The molecule has 118 valence electrons. The van der Waals surface area contributed by atoms with Gasteiger partial charge < -0.3 is 5.32 Å². The number of halogens is 1. The van der Waals surface area contributed by atoms with Gasteiger partial charge in [-0.25, -0.2) is 0 Å². The molecule has 4 aliphatic rings. The lowest BCUT2D eigenvalue weighted by atomic mass is 9.43. The van der Waals surface area contributed by atoms with E-state index in [1.165, 1.54) is 19.3 Å². The maximum absolute atomic E-state index is 12.7. The van der Waals surface area contributed by atoms with Crippen molar-refractivity contribution >= 4 is 21.8 Å². The molecule has 4 aliphatic carbocycles. The van der Waals surface area contributed by atoms with Gasteiger partial charge >= 0.3 is 0 Å². The molecule has 0 saturated heterocycles. The van der Waals surface area contributed by atoms with Crippen molar-refractivity contribution in [2.75, 3.05) is 0 Å². The minimum atomic E-state index is 0.00230. The fourth-order valence-electron chi connectivity index (χ4n) is 6.44. The van der Waals surface area contributed by atoms with Crippen molar-refractivity contribution in [3.05, 3.63) is 28.5 Å². The van der Waals surface area contributed by atoms with Gasteiger partial charge in [0.2, 0.25) is 0 Å². The van der Waals surface area contributed by atoms with E-state index in [1.807, 2.05) is 6.07 Å². The third-order valence-electron chi connectivity index (χ3n) is 5.97. The van der Waals surface area contributed by atoms with Gasteiger partial charge in [0.25, 0.3) is 5.91 Å². The number of amides is 1. The van der Waals surface area contributed by atoms with E-state index in [0.29, 0.717) is 16.4 Å². The molecule has 5 rings (SSSR count). The van der Waals surface area contributed by atoms with E-state index < -0.39 is 0 Å². The van der Waals surface area contributed by atoms with E-state index in [1.54, 1.807) is 12.4 Å². The Morgan fingerprint density at radius 2 is 1.86 bits per heavy atom. The minimum Gasteiger partial charge on any atom is -0.347 e. The first-order chi connectivity index (χ1) is 10.3. The highest BCUT2D eigenvalue weighted by atomic mass is 79.9. The van der Waals surface area contributed by atoms with Crippen LogP contribution in [0.25, 0.3) is 0 Å². The fraction of sp³-hybridized carbons (Fsp3) is 0.667. The number of carbonyl (C=O) groups is 1. The molecule has 4 fully saturated rings. The standard InChI is InChI=1S/C18H23BrN2O/c1-16-4-12-5-17(2,9-16)11-18(6-12,10-16)21-15(22)13-3-14(19)8-20-7-13/h3,7-8,12H,4-6,9-11H2,1-2H3,(H,21,22)/t12?,16-,17-,18?/m0/s1. The van der Waals surface area contributed by atoms with Crippen LogP contribution in [-0.2, 0) is 0 Å². The largest absolute Gasteiger partial charge is 0.347 e. The Morgan fingerprint density at radius 3 is 2.45 bits per heavy atom. The predicted molar refractivity (Wildman–Crippen MR) is 89.5 cm³/mol. The quantitative estimate of drug-likeness (QED) is 0.850. The highest BCUT2D eigenvalue weighted by Crippen LogP contribution is 2.66. The number of carbonyl (C=O) groups excluding carboxylic acids is 1. The van der Waals surface area contributed by atoms with E-state index in [4.69, 9.17) is 0 Å². The smallest absolute Gasteiger partial charge is 0.253 e. The molecular formula is C18H23BrN2O. The average molecular weight is 363 g/mol. The van der Waals surface area contributed by atoms with Crippen LogP contribution in [0.5, 0.6) is 0 Å². The number of nitrogens with one attached hydrogen (secondary N) is 1. The van der Waals surface area contributed by atoms with E-state index in [2.05, 4.69) is 40.1 Å². The highest BCUT2D eigenvalue weighted by Gasteiger charge is 2.60. The first kappa shape index (κ1) is 14.7. The van der Waals surface area contributed by atoms with Gasteiger partial charge in [-0.3, -0.25) is 9.78 Å². The van der Waals surface area contributed by atoms with E-state index in [-0.39, 0.29) is 11.4 Å². The van der Waals surface area contributed by atoms with Gasteiger partial charge in [0.1, 0.15) is 0 Å². The summed E-state index contributed by atoms with van der Waals surface area (Å²) in [5.74, 6) is 0.815. The lowest BCUT2D eigenvalue weighted by molar-refractivity contribution is -0.114. The summed E-state index contributed by atoms with van der Waals surface area (Å²) in [6.45, 7) is 4.86. The van der Waals surface area contributed by atoms with Crippen LogP contribution in [0.4, 0.5) is 0 Å². The van der Waals surface area contributed by atoms with Crippen molar-refractivity contribution in [2.45, 2.75) is 57.9 Å². The van der Waals surface area contributed by atoms with E-state index >= 15 is 0 Å². The zero-order valence-corrected chi connectivity index (χ0v) is 14.9. The molecule has 1 aromatic rings. The first-order valence-corrected chi connectivity index (χ1v) is 9.01. The molecular weight excluding hydrogens is 340 g/mol. The molecule has 0 radical (unpaired) electrons.